The fourth-order valence-corrected chi connectivity index (χ4v) is 4.98. The summed E-state index contributed by atoms with van der Waals surface area (Å²) in [4.78, 5) is 0. The summed E-state index contributed by atoms with van der Waals surface area (Å²) in [5.41, 5.74) is 0. The van der Waals surface area contributed by atoms with E-state index in [0.717, 1.165) is 0 Å². The first kappa shape index (κ1) is 10.2. The molecule has 1 saturated heterocycles. The minimum Gasteiger partial charge on any atom is -0.264 e. The van der Waals surface area contributed by atoms with E-state index in [-0.39, 0.29) is 0 Å². The Bertz CT molecular complexity index is 187. The van der Waals surface area contributed by atoms with Crippen molar-refractivity contribution < 1.29 is 0 Å². The maximum atomic E-state index is 4.57. The van der Waals surface area contributed by atoms with Gasteiger partial charge in [-0.3, -0.25) is 14.1 Å². The van der Waals surface area contributed by atoms with Gasteiger partial charge >= 0.3 is 0 Å². The molecule has 0 saturated carbocycles. The molecule has 0 N–H and O–H groups in total. The van der Waals surface area contributed by atoms with Crippen molar-refractivity contribution >= 4 is 7.51 Å². The van der Waals surface area contributed by atoms with Crippen LogP contribution >= 0.6 is 7.51 Å². The van der Waals surface area contributed by atoms with Crippen LogP contribution in [0.1, 0.15) is 0 Å². The van der Waals surface area contributed by atoms with Gasteiger partial charge in [0.1, 0.15) is 0 Å². The molecule has 1 aliphatic rings. The lowest BCUT2D eigenvalue weighted by Crippen LogP contribution is -2.25. The molecule has 1 aliphatic heterocycles. The van der Waals surface area contributed by atoms with Crippen LogP contribution in [-0.2, 0) is 0 Å². The number of nitrogens with zero attached hydrogens (tertiary/aromatic N) is 4. The van der Waals surface area contributed by atoms with Crippen LogP contribution in [0.5, 0.6) is 0 Å². The fourth-order valence-electron chi connectivity index (χ4n) is 1.66. The fraction of sp³-hybridized carbons (Fsp3) is 1.00. The van der Waals surface area contributed by atoms with E-state index in [2.05, 4.69) is 46.9 Å². The van der Waals surface area contributed by atoms with Gasteiger partial charge in [-0.15, -0.1) is 0 Å². The summed E-state index contributed by atoms with van der Waals surface area (Å²) >= 11 is 0. The van der Waals surface area contributed by atoms with E-state index in [1.807, 2.05) is 7.05 Å². The molecule has 0 aromatic rings. The minimum atomic E-state index is -1.46. The maximum Gasteiger partial charge on any atom is 0.166 e. The van der Waals surface area contributed by atoms with Gasteiger partial charge in [-0.2, -0.15) is 0 Å². The van der Waals surface area contributed by atoms with E-state index in [0.29, 0.717) is 0 Å². The van der Waals surface area contributed by atoms with Crippen LogP contribution in [0.25, 0.3) is 0 Å². The normalized spacial score (nSPS) is 18.9. The van der Waals surface area contributed by atoms with Gasteiger partial charge in [0.15, 0.2) is 7.51 Å². The molecule has 0 unspecified atom stereocenters. The molecule has 0 amide bonds. The molecule has 72 valence electrons. The molecular formula is C7H19N4P. The average Bonchev–Trinajstić information content (AvgIpc) is 2.72. The molecular weight excluding hydrogens is 171 g/mol. The van der Waals surface area contributed by atoms with E-state index < -0.39 is 7.51 Å². The van der Waals surface area contributed by atoms with Gasteiger partial charge in [-0.05, 0) is 28.2 Å². The summed E-state index contributed by atoms with van der Waals surface area (Å²) in [5, 5.41) is 0. The Morgan fingerprint density at radius 2 is 1.50 bits per heavy atom. The molecule has 1 fully saturated rings. The summed E-state index contributed by atoms with van der Waals surface area (Å²) in [6.45, 7) is 2.39. The van der Waals surface area contributed by atoms with Crippen molar-refractivity contribution in [2.24, 2.45) is 4.74 Å². The number of hydrogen-bond donors (Lipinski definition) is 0. The van der Waals surface area contributed by atoms with Gasteiger partial charge in [-0.1, -0.05) is 0 Å². The molecule has 0 aromatic carbocycles. The molecule has 1 heterocycles. The smallest absolute Gasteiger partial charge is 0.166 e. The van der Waals surface area contributed by atoms with E-state index in [1.165, 1.54) is 13.1 Å². The van der Waals surface area contributed by atoms with E-state index in [1.54, 1.807) is 0 Å². The monoisotopic (exact) mass is 190 g/mol. The Kier molecular flexibility index (Phi) is 2.94. The topological polar surface area (TPSA) is 21.9 Å². The van der Waals surface area contributed by atoms with Gasteiger partial charge in [0.05, 0.1) is 0 Å². The highest BCUT2D eigenvalue weighted by molar-refractivity contribution is 7.59. The zero-order valence-corrected chi connectivity index (χ0v) is 9.54. The lowest BCUT2D eigenvalue weighted by atomic mass is 11.0. The second-order valence-corrected chi connectivity index (χ2v) is 7.02. The second-order valence-electron chi connectivity index (χ2n) is 3.38. The predicted octanol–water partition coefficient (Wildman–Crippen LogP) is 1.00. The molecule has 0 radical (unpaired) electrons. The highest BCUT2D eigenvalue weighted by Crippen LogP contribution is 2.59. The largest absolute Gasteiger partial charge is 0.264 e. The van der Waals surface area contributed by atoms with Gasteiger partial charge in [-0.25, -0.2) is 4.67 Å². The number of rotatable bonds is 3. The second kappa shape index (κ2) is 3.46. The SMILES string of the molecule is CN=P(N(C)C)(N(C)C)N1CC1. The van der Waals surface area contributed by atoms with Gasteiger partial charge in [0, 0.05) is 20.1 Å². The Morgan fingerprint density at radius 1 is 1.08 bits per heavy atom. The standard InChI is InChI=1S/C7H19N4P/c1-8-12(9(2)3,10(4)5)11-6-7-11/h6-7H2,1-5H3. The Balaban J connectivity index is 2.96. The van der Waals surface area contributed by atoms with Gasteiger partial charge in [0.2, 0.25) is 0 Å². The van der Waals surface area contributed by atoms with E-state index in [4.69, 9.17) is 0 Å². The maximum absolute atomic E-state index is 4.57. The first-order valence-electron chi connectivity index (χ1n) is 4.17. The van der Waals surface area contributed by atoms with E-state index in [9.17, 15) is 0 Å². The third kappa shape index (κ3) is 1.44. The summed E-state index contributed by atoms with van der Waals surface area (Å²) in [6, 6.07) is 0. The minimum absolute atomic E-state index is 1.20. The zero-order chi connectivity index (χ0) is 9.35. The molecule has 5 heteroatoms. The van der Waals surface area contributed by atoms with Crippen LogP contribution in [0.15, 0.2) is 4.74 Å². The molecule has 0 atom stereocenters. The number of hydrogen-bond acceptors (Lipinski definition) is 1. The molecule has 4 nitrogen and oxygen atoms in total. The van der Waals surface area contributed by atoms with Crippen LogP contribution in [0.4, 0.5) is 0 Å². The van der Waals surface area contributed by atoms with Crippen molar-refractivity contribution in [1.82, 2.24) is 14.0 Å². The third-order valence-electron chi connectivity index (χ3n) is 2.14. The van der Waals surface area contributed by atoms with Crippen LogP contribution in [0.3, 0.4) is 0 Å². The molecule has 0 aromatic heterocycles. The van der Waals surface area contributed by atoms with Crippen molar-refractivity contribution in [3.63, 3.8) is 0 Å². The van der Waals surface area contributed by atoms with Gasteiger partial charge < -0.3 is 0 Å². The Hall–Kier alpha value is 0.110. The highest BCUT2D eigenvalue weighted by Gasteiger charge is 2.38. The van der Waals surface area contributed by atoms with Crippen LogP contribution in [0, 0.1) is 0 Å². The van der Waals surface area contributed by atoms with Crippen LogP contribution < -0.4 is 0 Å². The summed E-state index contributed by atoms with van der Waals surface area (Å²) in [6.07, 6.45) is 0. The van der Waals surface area contributed by atoms with Crippen molar-refractivity contribution in [3.05, 3.63) is 0 Å². The predicted molar refractivity (Wildman–Crippen MR) is 54.2 cm³/mol. The van der Waals surface area contributed by atoms with Crippen molar-refractivity contribution in [3.8, 4) is 0 Å². The van der Waals surface area contributed by atoms with Crippen LogP contribution in [-0.4, -0.2) is 62.3 Å². The summed E-state index contributed by atoms with van der Waals surface area (Å²) in [7, 11) is 8.91. The average molecular weight is 190 g/mol. The van der Waals surface area contributed by atoms with Gasteiger partial charge in [0.25, 0.3) is 0 Å². The zero-order valence-electron chi connectivity index (χ0n) is 8.65. The summed E-state index contributed by atoms with van der Waals surface area (Å²) < 4.78 is 11.5. The van der Waals surface area contributed by atoms with E-state index >= 15 is 0 Å². The van der Waals surface area contributed by atoms with Crippen molar-refractivity contribution in [2.75, 3.05) is 48.3 Å². The quantitative estimate of drug-likeness (QED) is 0.489. The molecule has 0 bridgehead atoms. The third-order valence-corrected chi connectivity index (χ3v) is 5.99. The molecule has 0 spiro atoms. The van der Waals surface area contributed by atoms with Crippen molar-refractivity contribution in [2.45, 2.75) is 0 Å². The highest BCUT2D eigenvalue weighted by atomic mass is 31.2. The lowest BCUT2D eigenvalue weighted by Gasteiger charge is -2.36. The lowest BCUT2D eigenvalue weighted by molar-refractivity contribution is 0.516. The van der Waals surface area contributed by atoms with Crippen molar-refractivity contribution in [1.29, 1.82) is 0 Å². The Morgan fingerprint density at radius 3 is 1.58 bits per heavy atom. The first-order chi connectivity index (χ1) is 5.55. The molecule has 0 aliphatic carbocycles. The first-order valence-corrected chi connectivity index (χ1v) is 5.77. The summed E-state index contributed by atoms with van der Waals surface area (Å²) in [5.74, 6) is 0. The Labute approximate surface area is 75.4 Å². The molecule has 12 heavy (non-hydrogen) atoms. The molecule has 1 rings (SSSR count). The van der Waals surface area contributed by atoms with Crippen LogP contribution in [0.2, 0.25) is 0 Å².